The van der Waals surface area contributed by atoms with Gasteiger partial charge in [-0.15, -0.1) is 0 Å². The highest BCUT2D eigenvalue weighted by molar-refractivity contribution is 5.96. The molecule has 0 unspecified atom stereocenters. The summed E-state index contributed by atoms with van der Waals surface area (Å²) in [5, 5.41) is 12.0. The molecule has 2 aromatic heterocycles. The average Bonchev–Trinajstić information content (AvgIpc) is 2.64. The number of carboxylic acids is 1. The summed E-state index contributed by atoms with van der Waals surface area (Å²) < 4.78 is 0. The molecule has 0 aliphatic heterocycles. The third kappa shape index (κ3) is 3.99. The summed E-state index contributed by atoms with van der Waals surface area (Å²) in [6.07, 6.45) is 4.95. The number of rotatable bonds is 4. The van der Waals surface area contributed by atoms with Crippen molar-refractivity contribution in [2.24, 2.45) is 10.7 Å². The highest BCUT2D eigenvalue weighted by Gasteiger charge is 2.08. The molecular formula is C18H16N6O2. The zero-order valence-electron chi connectivity index (χ0n) is 13.9. The van der Waals surface area contributed by atoms with Crippen LogP contribution >= 0.6 is 0 Å². The first-order valence-corrected chi connectivity index (χ1v) is 7.71. The predicted molar refractivity (Wildman–Crippen MR) is 98.3 cm³/mol. The Morgan fingerprint density at radius 2 is 2.08 bits per heavy atom. The number of benzene rings is 1. The van der Waals surface area contributed by atoms with Crippen molar-refractivity contribution in [2.75, 3.05) is 5.32 Å². The molecule has 8 heteroatoms. The normalized spacial score (nSPS) is 11.2. The number of hydrogen-bond donors (Lipinski definition) is 3. The van der Waals surface area contributed by atoms with E-state index in [1.807, 2.05) is 19.1 Å². The number of carboxylic acid groups (broad SMARTS) is 1. The number of nitrogens with two attached hydrogens (primary N) is 1. The number of guanidine groups is 1. The number of aromatic carboxylic acids is 1. The first kappa shape index (κ1) is 17.0. The van der Waals surface area contributed by atoms with Gasteiger partial charge in [0.2, 0.25) is 5.96 Å². The monoisotopic (exact) mass is 348 g/mol. The number of hydrogen-bond acceptors (Lipinski definition) is 5. The number of anilines is 1. The Morgan fingerprint density at radius 3 is 2.81 bits per heavy atom. The number of carbonyl (C=O) groups is 1. The molecule has 0 amide bonds. The highest BCUT2D eigenvalue weighted by atomic mass is 16.4. The van der Waals surface area contributed by atoms with E-state index >= 15 is 0 Å². The minimum atomic E-state index is -1.02. The fourth-order valence-corrected chi connectivity index (χ4v) is 2.24. The molecule has 0 fully saturated rings. The molecule has 130 valence electrons. The van der Waals surface area contributed by atoms with E-state index in [4.69, 9.17) is 10.8 Å². The molecule has 0 saturated carbocycles. The maximum absolute atomic E-state index is 11.1. The lowest BCUT2D eigenvalue weighted by Gasteiger charge is -2.09. The second kappa shape index (κ2) is 7.39. The molecule has 0 spiro atoms. The summed E-state index contributed by atoms with van der Waals surface area (Å²) in [5.41, 5.74) is 8.96. The number of aromatic nitrogens is 3. The van der Waals surface area contributed by atoms with Crippen LogP contribution in [-0.2, 0) is 0 Å². The molecule has 8 nitrogen and oxygen atoms in total. The third-order valence-electron chi connectivity index (χ3n) is 3.57. The molecule has 3 aromatic rings. The predicted octanol–water partition coefficient (Wildman–Crippen LogP) is 2.60. The smallest absolute Gasteiger partial charge is 0.335 e. The third-order valence-corrected chi connectivity index (χ3v) is 3.57. The van der Waals surface area contributed by atoms with Crippen LogP contribution in [0.4, 0.5) is 11.6 Å². The first-order valence-electron chi connectivity index (χ1n) is 7.71. The summed E-state index contributed by atoms with van der Waals surface area (Å²) in [7, 11) is 0. The second-order valence-corrected chi connectivity index (χ2v) is 5.44. The number of nitrogens with one attached hydrogen (secondary N) is 1. The first-order chi connectivity index (χ1) is 12.5. The van der Waals surface area contributed by atoms with Gasteiger partial charge in [0.1, 0.15) is 0 Å². The molecule has 0 saturated heterocycles. The molecule has 26 heavy (non-hydrogen) atoms. The van der Waals surface area contributed by atoms with Crippen LogP contribution in [0.25, 0.3) is 11.3 Å². The summed E-state index contributed by atoms with van der Waals surface area (Å²) in [6.45, 7) is 1.83. The van der Waals surface area contributed by atoms with Gasteiger partial charge in [-0.2, -0.15) is 4.99 Å². The van der Waals surface area contributed by atoms with Crippen molar-refractivity contribution in [2.45, 2.75) is 6.92 Å². The van der Waals surface area contributed by atoms with E-state index in [0.29, 0.717) is 11.4 Å². The molecule has 3 rings (SSSR count). The molecular weight excluding hydrogens is 332 g/mol. The molecule has 4 N–H and O–H groups in total. The molecule has 0 bridgehead atoms. The Labute approximate surface area is 149 Å². The van der Waals surface area contributed by atoms with Gasteiger partial charge >= 0.3 is 5.97 Å². The van der Waals surface area contributed by atoms with Crippen LogP contribution in [0.1, 0.15) is 15.9 Å². The van der Waals surface area contributed by atoms with Crippen LogP contribution in [-0.4, -0.2) is 32.0 Å². The van der Waals surface area contributed by atoms with Crippen molar-refractivity contribution in [3.8, 4) is 11.3 Å². The van der Waals surface area contributed by atoms with Gasteiger partial charge < -0.3 is 16.2 Å². The van der Waals surface area contributed by atoms with Crippen molar-refractivity contribution < 1.29 is 9.90 Å². The lowest BCUT2D eigenvalue weighted by molar-refractivity contribution is 0.0697. The second-order valence-electron chi connectivity index (χ2n) is 5.44. The molecule has 2 heterocycles. The van der Waals surface area contributed by atoms with Gasteiger partial charge in [-0.05, 0) is 42.8 Å². The van der Waals surface area contributed by atoms with Crippen LogP contribution in [0, 0.1) is 6.92 Å². The Hall–Kier alpha value is -3.81. The van der Waals surface area contributed by atoms with Crippen LogP contribution in [0.2, 0.25) is 0 Å². The number of pyridine rings is 1. The topological polar surface area (TPSA) is 126 Å². The van der Waals surface area contributed by atoms with Gasteiger partial charge in [-0.1, -0.05) is 6.07 Å². The maximum atomic E-state index is 11.1. The van der Waals surface area contributed by atoms with E-state index in [9.17, 15) is 4.79 Å². The number of aliphatic imine (C=N–C) groups is 1. The zero-order chi connectivity index (χ0) is 18.5. The Balaban J connectivity index is 1.85. The fourth-order valence-electron chi connectivity index (χ4n) is 2.24. The summed E-state index contributed by atoms with van der Waals surface area (Å²) in [4.78, 5) is 27.7. The summed E-state index contributed by atoms with van der Waals surface area (Å²) >= 11 is 0. The minimum absolute atomic E-state index is 0.0546. The molecule has 0 aliphatic carbocycles. The number of nitrogens with zero attached hydrogens (tertiary/aromatic N) is 4. The van der Waals surface area contributed by atoms with E-state index in [1.54, 1.807) is 30.7 Å². The van der Waals surface area contributed by atoms with Gasteiger partial charge in [-0.3, -0.25) is 4.98 Å². The quantitative estimate of drug-likeness (QED) is 0.488. The molecule has 0 atom stereocenters. The van der Waals surface area contributed by atoms with E-state index < -0.39 is 5.97 Å². The van der Waals surface area contributed by atoms with E-state index in [1.165, 1.54) is 12.1 Å². The number of aryl methyl sites for hydroxylation is 1. The van der Waals surface area contributed by atoms with Crippen molar-refractivity contribution in [1.82, 2.24) is 15.0 Å². The van der Waals surface area contributed by atoms with E-state index in [0.717, 1.165) is 11.1 Å². The van der Waals surface area contributed by atoms with E-state index in [-0.39, 0.29) is 17.5 Å². The molecule has 1 aromatic carbocycles. The van der Waals surface area contributed by atoms with Gasteiger partial charge in [0, 0.05) is 29.8 Å². The minimum Gasteiger partial charge on any atom is -0.478 e. The lowest BCUT2D eigenvalue weighted by Crippen LogP contribution is -2.23. The largest absolute Gasteiger partial charge is 0.478 e. The Bertz CT molecular complexity index is 972. The van der Waals surface area contributed by atoms with Crippen LogP contribution in [0.15, 0.2) is 60.0 Å². The SMILES string of the molecule is Cc1ccc(C(=O)O)cc1NC(N)=Nc1nccc(-c2cccnc2)n1. The average molecular weight is 348 g/mol. The molecule has 0 radical (unpaired) electrons. The summed E-state index contributed by atoms with van der Waals surface area (Å²) in [6, 6.07) is 10.2. The van der Waals surface area contributed by atoms with Crippen LogP contribution < -0.4 is 11.1 Å². The van der Waals surface area contributed by atoms with Crippen molar-refractivity contribution in [3.05, 3.63) is 66.1 Å². The van der Waals surface area contributed by atoms with Crippen molar-refractivity contribution >= 4 is 23.6 Å². The maximum Gasteiger partial charge on any atom is 0.335 e. The molecule has 0 aliphatic rings. The zero-order valence-corrected chi connectivity index (χ0v) is 13.9. The van der Waals surface area contributed by atoms with Gasteiger partial charge in [0.25, 0.3) is 5.95 Å². The van der Waals surface area contributed by atoms with Gasteiger partial charge in [-0.25, -0.2) is 14.8 Å². The van der Waals surface area contributed by atoms with Gasteiger partial charge in [0.15, 0.2) is 0 Å². The van der Waals surface area contributed by atoms with E-state index in [2.05, 4.69) is 25.3 Å². The van der Waals surface area contributed by atoms with Crippen LogP contribution in [0.3, 0.4) is 0 Å². The van der Waals surface area contributed by atoms with Crippen molar-refractivity contribution in [3.63, 3.8) is 0 Å². The lowest BCUT2D eigenvalue weighted by atomic mass is 10.1. The Kier molecular flexibility index (Phi) is 4.84. The Morgan fingerprint density at radius 1 is 1.23 bits per heavy atom. The van der Waals surface area contributed by atoms with Crippen molar-refractivity contribution in [1.29, 1.82) is 0 Å². The van der Waals surface area contributed by atoms with Gasteiger partial charge in [0.05, 0.1) is 11.3 Å². The highest BCUT2D eigenvalue weighted by Crippen LogP contribution is 2.19. The van der Waals surface area contributed by atoms with Crippen LogP contribution in [0.5, 0.6) is 0 Å². The fraction of sp³-hybridized carbons (Fsp3) is 0.0556. The standard InChI is InChI=1S/C18H16N6O2/c1-11-4-5-12(16(25)26)9-15(11)22-17(19)24-18-21-8-6-14(23-18)13-3-2-7-20-10-13/h2-10H,1H3,(H,25,26)(H3,19,21,22,23,24). The summed E-state index contributed by atoms with van der Waals surface area (Å²) in [5.74, 6) is -0.779.